The summed E-state index contributed by atoms with van der Waals surface area (Å²) in [6.45, 7) is 0. The molecule has 0 aromatic carbocycles. The Bertz CT molecular complexity index is 383. The zero-order valence-electron chi connectivity index (χ0n) is 6.82. The van der Waals surface area contributed by atoms with Crippen LogP contribution < -0.4 is 0 Å². The summed E-state index contributed by atoms with van der Waals surface area (Å²) in [5.74, 6) is 0. The van der Waals surface area contributed by atoms with Gasteiger partial charge in [-0.15, -0.1) is 0 Å². The third-order valence-electron chi connectivity index (χ3n) is 1.27. The van der Waals surface area contributed by atoms with Gasteiger partial charge in [0.1, 0.15) is 5.69 Å². The van der Waals surface area contributed by atoms with Crippen molar-refractivity contribution in [3.05, 3.63) is 22.4 Å². The predicted octanol–water partition coefficient (Wildman–Crippen LogP) is 4.22. The highest BCUT2D eigenvalue weighted by Crippen LogP contribution is 2.34. The summed E-state index contributed by atoms with van der Waals surface area (Å²) in [5.41, 5.74) is -0.254. The molecule has 0 fully saturated rings. The van der Waals surface area contributed by atoms with E-state index in [0.717, 1.165) is 12.4 Å². The molecule has 0 aliphatic heterocycles. The summed E-state index contributed by atoms with van der Waals surface area (Å²) < 4.78 is 36.1. The van der Waals surface area contributed by atoms with Gasteiger partial charge >= 0.3 is 6.18 Å². The Morgan fingerprint density at radius 1 is 1.20 bits per heavy atom. The normalized spacial score (nSPS) is 13.1. The quantitative estimate of drug-likeness (QED) is 0.706. The van der Waals surface area contributed by atoms with Gasteiger partial charge in [-0.3, -0.25) is 4.98 Å². The first kappa shape index (κ1) is 12.5. The summed E-state index contributed by atoms with van der Waals surface area (Å²) in [7, 11) is 0. The van der Waals surface area contributed by atoms with Crippen molar-refractivity contribution in [3.8, 4) is 0 Å². The lowest BCUT2D eigenvalue weighted by atomic mass is 10.4. The van der Waals surface area contributed by atoms with E-state index in [1.807, 2.05) is 0 Å². The Morgan fingerprint density at radius 3 is 2.07 bits per heavy atom. The smallest absolute Gasteiger partial charge is 0.261 e. The molecule has 82 valence electrons. The molecule has 0 aliphatic carbocycles. The number of rotatable bonds is 1. The van der Waals surface area contributed by atoms with Crippen molar-refractivity contribution < 1.29 is 13.2 Å². The van der Waals surface area contributed by atoms with Crippen molar-refractivity contribution in [1.82, 2.24) is 4.98 Å². The summed E-state index contributed by atoms with van der Waals surface area (Å²) in [4.78, 5) is 6.64. The fourth-order valence-electron chi connectivity index (χ4n) is 0.673. The fourth-order valence-corrected chi connectivity index (χ4v) is 1.21. The van der Waals surface area contributed by atoms with Crippen LogP contribution in [0.1, 0.15) is 0 Å². The van der Waals surface area contributed by atoms with Gasteiger partial charge < -0.3 is 0 Å². The first-order valence-corrected chi connectivity index (χ1v) is 4.56. The minimum atomic E-state index is -4.72. The molecule has 0 atom stereocenters. The Hall–Kier alpha value is -0.520. The molecule has 0 radical (unpaired) electrons. The van der Waals surface area contributed by atoms with Gasteiger partial charge in [-0.1, -0.05) is 34.8 Å². The van der Waals surface area contributed by atoms with E-state index in [0.29, 0.717) is 0 Å². The van der Waals surface area contributed by atoms with Crippen LogP contribution >= 0.6 is 34.8 Å². The summed E-state index contributed by atoms with van der Waals surface area (Å²) in [5, 5.41) is -1.76. The highest BCUT2D eigenvalue weighted by atomic mass is 35.5. The summed E-state index contributed by atoms with van der Waals surface area (Å²) >= 11 is 16.0. The van der Waals surface area contributed by atoms with E-state index in [4.69, 9.17) is 34.8 Å². The van der Waals surface area contributed by atoms with Crippen LogP contribution in [-0.2, 0) is 0 Å². The standard InChI is InChI=1S/C7H2Cl3F3N2/c8-3-1-14-2-4(9)5(3)15-6(10)7(11,12)13/h1-2H. The zero-order valence-corrected chi connectivity index (χ0v) is 9.08. The van der Waals surface area contributed by atoms with Gasteiger partial charge in [-0.2, -0.15) is 13.2 Å². The number of hydrogen-bond donors (Lipinski definition) is 0. The molecule has 0 N–H and O–H groups in total. The van der Waals surface area contributed by atoms with Crippen molar-refractivity contribution in [3.63, 3.8) is 0 Å². The van der Waals surface area contributed by atoms with Gasteiger partial charge in [0.25, 0.3) is 0 Å². The second-order valence-electron chi connectivity index (χ2n) is 2.35. The van der Waals surface area contributed by atoms with E-state index in [-0.39, 0.29) is 15.7 Å². The fraction of sp³-hybridized carbons (Fsp3) is 0.143. The number of pyridine rings is 1. The number of halogens is 6. The van der Waals surface area contributed by atoms with E-state index in [2.05, 4.69) is 9.98 Å². The van der Waals surface area contributed by atoms with Crippen LogP contribution in [0.3, 0.4) is 0 Å². The molecule has 15 heavy (non-hydrogen) atoms. The lowest BCUT2D eigenvalue weighted by Gasteiger charge is -2.04. The van der Waals surface area contributed by atoms with Crippen molar-refractivity contribution in [2.75, 3.05) is 0 Å². The van der Waals surface area contributed by atoms with E-state index in [9.17, 15) is 13.2 Å². The highest BCUT2D eigenvalue weighted by Gasteiger charge is 2.34. The molecule has 1 aromatic heterocycles. The molecule has 1 rings (SSSR count). The molecule has 8 heteroatoms. The molecule has 0 saturated heterocycles. The molecule has 0 amide bonds. The predicted molar refractivity (Wildman–Crippen MR) is 53.3 cm³/mol. The molecule has 2 nitrogen and oxygen atoms in total. The number of hydrogen-bond acceptors (Lipinski definition) is 2. The maximum Gasteiger partial charge on any atom is 0.444 e. The molecule has 0 unspecified atom stereocenters. The first-order chi connectivity index (χ1) is 6.82. The third kappa shape index (κ3) is 3.22. The van der Waals surface area contributed by atoms with Crippen LogP contribution in [-0.4, -0.2) is 16.3 Å². The second-order valence-corrected chi connectivity index (χ2v) is 3.52. The molecule has 0 spiro atoms. The van der Waals surface area contributed by atoms with Crippen LogP contribution in [0.5, 0.6) is 0 Å². The van der Waals surface area contributed by atoms with Gasteiger partial charge in [-0.05, 0) is 0 Å². The highest BCUT2D eigenvalue weighted by molar-refractivity contribution is 6.67. The Kier molecular flexibility index (Phi) is 3.81. The average molecular weight is 277 g/mol. The molecule has 0 bridgehead atoms. The largest absolute Gasteiger partial charge is 0.444 e. The van der Waals surface area contributed by atoms with Crippen LogP contribution in [0.4, 0.5) is 18.9 Å². The minimum absolute atomic E-state index is 0.107. The Labute approximate surface area is 97.7 Å². The van der Waals surface area contributed by atoms with Crippen LogP contribution in [0.15, 0.2) is 17.4 Å². The van der Waals surface area contributed by atoms with Crippen molar-refractivity contribution >= 4 is 45.7 Å². The number of alkyl halides is 3. The van der Waals surface area contributed by atoms with Gasteiger partial charge in [0.15, 0.2) is 0 Å². The van der Waals surface area contributed by atoms with Crippen LogP contribution in [0.2, 0.25) is 10.0 Å². The van der Waals surface area contributed by atoms with E-state index < -0.39 is 11.3 Å². The summed E-state index contributed by atoms with van der Waals surface area (Å²) in [6.07, 6.45) is -2.49. The SMILES string of the molecule is FC(F)(F)C(Cl)=Nc1c(Cl)cncc1Cl. The van der Waals surface area contributed by atoms with E-state index >= 15 is 0 Å². The molecular formula is C7H2Cl3F3N2. The van der Waals surface area contributed by atoms with Crippen molar-refractivity contribution in [1.29, 1.82) is 0 Å². The first-order valence-electron chi connectivity index (χ1n) is 3.42. The molecule has 1 aromatic rings. The second kappa shape index (κ2) is 4.55. The monoisotopic (exact) mass is 276 g/mol. The van der Waals surface area contributed by atoms with Gasteiger partial charge in [0.2, 0.25) is 5.17 Å². The molecule has 1 heterocycles. The third-order valence-corrected chi connectivity index (χ3v) is 2.12. The van der Waals surface area contributed by atoms with Crippen molar-refractivity contribution in [2.24, 2.45) is 4.99 Å². The Morgan fingerprint density at radius 2 is 1.67 bits per heavy atom. The lowest BCUT2D eigenvalue weighted by molar-refractivity contribution is -0.0558. The maximum atomic E-state index is 12.0. The van der Waals surface area contributed by atoms with E-state index in [1.165, 1.54) is 0 Å². The zero-order chi connectivity index (χ0) is 11.6. The van der Waals surface area contributed by atoms with E-state index in [1.54, 1.807) is 0 Å². The number of aromatic nitrogens is 1. The summed E-state index contributed by atoms with van der Waals surface area (Å²) in [6, 6.07) is 0. The minimum Gasteiger partial charge on any atom is -0.261 e. The lowest BCUT2D eigenvalue weighted by Crippen LogP contribution is -2.16. The number of aliphatic imine (C=N–C) groups is 1. The van der Waals surface area contributed by atoms with Crippen LogP contribution in [0, 0.1) is 0 Å². The maximum absolute atomic E-state index is 12.0. The Balaban J connectivity index is 3.19. The van der Waals surface area contributed by atoms with Crippen LogP contribution in [0.25, 0.3) is 0 Å². The topological polar surface area (TPSA) is 25.2 Å². The molecule has 0 saturated carbocycles. The molecular weight excluding hydrogens is 275 g/mol. The van der Waals surface area contributed by atoms with Gasteiger partial charge in [0, 0.05) is 12.4 Å². The number of nitrogens with zero attached hydrogens (tertiary/aromatic N) is 2. The van der Waals surface area contributed by atoms with Gasteiger partial charge in [0.05, 0.1) is 10.0 Å². The molecule has 0 aliphatic rings. The van der Waals surface area contributed by atoms with Crippen molar-refractivity contribution in [2.45, 2.75) is 6.18 Å². The van der Waals surface area contributed by atoms with Gasteiger partial charge in [-0.25, -0.2) is 4.99 Å². The average Bonchev–Trinajstić information content (AvgIpc) is 2.09.